The van der Waals surface area contributed by atoms with Crippen molar-refractivity contribution in [3.8, 4) is 11.5 Å². The topological polar surface area (TPSA) is 85.8 Å². The fourth-order valence-corrected chi connectivity index (χ4v) is 5.10. The minimum absolute atomic E-state index is 0.144. The first-order chi connectivity index (χ1) is 15.8. The first kappa shape index (κ1) is 20.3. The maximum Gasteiger partial charge on any atom is 0.247 e. The van der Waals surface area contributed by atoms with Crippen molar-refractivity contribution in [3.63, 3.8) is 0 Å². The quantitative estimate of drug-likeness (QED) is 0.456. The number of hydrogen-bond acceptors (Lipinski definition) is 7. The molecule has 0 N–H and O–H groups in total. The third-order valence-corrected chi connectivity index (χ3v) is 7.04. The van der Waals surface area contributed by atoms with Crippen LogP contribution in [-0.2, 0) is 5.54 Å². The average Bonchev–Trinajstić information content (AvgIpc) is 3.16. The number of halogens is 1. The van der Waals surface area contributed by atoms with E-state index in [4.69, 9.17) is 4.42 Å². The summed E-state index contributed by atoms with van der Waals surface area (Å²) in [4.78, 5) is 11.4. The van der Waals surface area contributed by atoms with Crippen LogP contribution in [0.15, 0.2) is 41.2 Å². The second-order valence-corrected chi connectivity index (χ2v) is 10.2. The second-order valence-electron chi connectivity index (χ2n) is 10.2. The molecule has 6 rings (SSSR count). The number of benzene rings is 1. The Morgan fingerprint density at radius 3 is 2.70 bits per heavy atom. The van der Waals surface area contributed by atoms with Crippen LogP contribution in [0.25, 0.3) is 22.5 Å². The van der Waals surface area contributed by atoms with Gasteiger partial charge >= 0.3 is 0 Å². The summed E-state index contributed by atoms with van der Waals surface area (Å²) in [5.41, 5.74) is 1.54. The molecule has 3 aromatic heterocycles. The number of piperidine rings is 1. The van der Waals surface area contributed by atoms with Crippen LogP contribution in [0.2, 0.25) is 0 Å². The van der Waals surface area contributed by atoms with E-state index in [1.54, 1.807) is 18.5 Å². The molecule has 1 atom stereocenters. The summed E-state index contributed by atoms with van der Waals surface area (Å²) < 4.78 is 21.4. The Hall–Kier alpha value is -3.36. The van der Waals surface area contributed by atoms with E-state index in [-0.39, 0.29) is 22.7 Å². The number of fused-ring (bicyclic) bond motifs is 1. The molecule has 1 aliphatic carbocycles. The highest BCUT2D eigenvalue weighted by Gasteiger charge is 2.58. The molecule has 0 bridgehead atoms. The van der Waals surface area contributed by atoms with Crippen molar-refractivity contribution in [2.75, 3.05) is 18.0 Å². The summed E-state index contributed by atoms with van der Waals surface area (Å²) in [7, 11) is 0. The Labute approximate surface area is 190 Å². The minimum Gasteiger partial charge on any atom is -0.420 e. The molecule has 9 heteroatoms. The van der Waals surface area contributed by atoms with Crippen molar-refractivity contribution >= 4 is 16.9 Å². The third kappa shape index (κ3) is 3.37. The summed E-state index contributed by atoms with van der Waals surface area (Å²) >= 11 is 0. The fourth-order valence-electron chi connectivity index (χ4n) is 5.10. The van der Waals surface area contributed by atoms with Gasteiger partial charge in [-0.3, -0.25) is 0 Å². The number of anilines is 1. The van der Waals surface area contributed by atoms with Gasteiger partial charge in [0.25, 0.3) is 0 Å². The van der Waals surface area contributed by atoms with E-state index in [2.05, 4.69) is 50.9 Å². The molecule has 1 saturated heterocycles. The van der Waals surface area contributed by atoms with E-state index < -0.39 is 0 Å². The molecular weight excluding hydrogens is 421 g/mol. The Bertz CT molecular complexity index is 1330. The van der Waals surface area contributed by atoms with Crippen LogP contribution in [0.4, 0.5) is 10.2 Å². The lowest BCUT2D eigenvalue weighted by Crippen LogP contribution is -2.35. The predicted molar refractivity (Wildman–Crippen MR) is 121 cm³/mol. The van der Waals surface area contributed by atoms with Crippen LogP contribution < -0.4 is 4.90 Å². The molecule has 0 radical (unpaired) electrons. The standard InChI is InChI=1S/C24H26FN7O/c1-23(2,3)32-20-17(13-28-32)19(26-14-27-20)31-9-7-24(8-10-31)12-18(24)22-30-29-21(33-22)15-5-4-6-16(25)11-15/h4-6,11,13-14,18H,7-10,12H2,1-3H3. The van der Waals surface area contributed by atoms with Crippen LogP contribution in [0.3, 0.4) is 0 Å². The van der Waals surface area contributed by atoms with E-state index in [0.717, 1.165) is 49.2 Å². The zero-order chi connectivity index (χ0) is 22.8. The summed E-state index contributed by atoms with van der Waals surface area (Å²) in [6.07, 6.45) is 6.64. The largest absolute Gasteiger partial charge is 0.420 e. The van der Waals surface area contributed by atoms with Crippen LogP contribution in [0.5, 0.6) is 0 Å². The summed E-state index contributed by atoms with van der Waals surface area (Å²) in [5, 5.41) is 14.0. The van der Waals surface area contributed by atoms with E-state index in [1.165, 1.54) is 12.1 Å². The van der Waals surface area contributed by atoms with Crippen molar-refractivity contribution < 1.29 is 8.81 Å². The summed E-state index contributed by atoms with van der Waals surface area (Å²) in [6.45, 7) is 8.19. The summed E-state index contributed by atoms with van der Waals surface area (Å²) in [5.74, 6) is 1.95. The van der Waals surface area contributed by atoms with Crippen molar-refractivity contribution in [1.29, 1.82) is 0 Å². The van der Waals surface area contributed by atoms with Crippen molar-refractivity contribution in [3.05, 3.63) is 48.5 Å². The highest BCUT2D eigenvalue weighted by Crippen LogP contribution is 2.64. The number of hydrogen-bond donors (Lipinski definition) is 0. The number of rotatable bonds is 3. The van der Waals surface area contributed by atoms with Gasteiger partial charge in [-0.25, -0.2) is 19.0 Å². The van der Waals surface area contributed by atoms with E-state index >= 15 is 0 Å². The molecule has 2 fully saturated rings. The predicted octanol–water partition coefficient (Wildman–Crippen LogP) is 4.54. The van der Waals surface area contributed by atoms with Crippen molar-refractivity contribution in [2.45, 2.75) is 51.5 Å². The lowest BCUT2D eigenvalue weighted by molar-refractivity contribution is 0.352. The molecule has 8 nitrogen and oxygen atoms in total. The molecule has 1 spiro atoms. The van der Waals surface area contributed by atoms with Gasteiger partial charge in [-0.2, -0.15) is 5.10 Å². The lowest BCUT2D eigenvalue weighted by atomic mass is 9.90. The molecule has 2 aliphatic rings. The van der Waals surface area contributed by atoms with Crippen LogP contribution in [0, 0.1) is 11.2 Å². The Balaban J connectivity index is 1.18. The molecule has 1 aliphatic heterocycles. The van der Waals surface area contributed by atoms with Gasteiger partial charge in [0.1, 0.15) is 18.0 Å². The van der Waals surface area contributed by atoms with Crippen molar-refractivity contribution in [2.24, 2.45) is 5.41 Å². The molecule has 1 saturated carbocycles. The number of nitrogens with zero attached hydrogens (tertiary/aromatic N) is 7. The maximum absolute atomic E-state index is 13.5. The fraction of sp³-hybridized carbons (Fsp3) is 0.458. The normalized spacial score (nSPS) is 20.0. The third-order valence-electron chi connectivity index (χ3n) is 7.04. The first-order valence-electron chi connectivity index (χ1n) is 11.4. The van der Waals surface area contributed by atoms with Crippen LogP contribution in [0.1, 0.15) is 51.8 Å². The minimum atomic E-state index is -0.311. The molecule has 33 heavy (non-hydrogen) atoms. The van der Waals surface area contributed by atoms with Gasteiger partial charge in [0, 0.05) is 24.6 Å². The monoisotopic (exact) mass is 447 g/mol. The molecule has 170 valence electrons. The SMILES string of the molecule is CC(C)(C)n1ncc2c(N3CCC4(CC3)CC4c3nnc(-c4cccc(F)c4)o3)ncnc21. The zero-order valence-corrected chi connectivity index (χ0v) is 19.0. The van der Waals surface area contributed by atoms with Gasteiger partial charge in [-0.1, -0.05) is 6.07 Å². The van der Waals surface area contributed by atoms with Gasteiger partial charge in [0.05, 0.1) is 17.1 Å². The summed E-state index contributed by atoms with van der Waals surface area (Å²) in [6, 6.07) is 6.26. The van der Waals surface area contributed by atoms with E-state index in [9.17, 15) is 4.39 Å². The highest BCUT2D eigenvalue weighted by molar-refractivity contribution is 5.86. The lowest BCUT2D eigenvalue weighted by Gasteiger charge is -2.33. The van der Waals surface area contributed by atoms with Gasteiger partial charge in [-0.15, -0.1) is 10.2 Å². The molecule has 4 aromatic rings. The zero-order valence-electron chi connectivity index (χ0n) is 19.0. The molecule has 1 unspecified atom stereocenters. The molecule has 4 heterocycles. The molecular formula is C24H26FN7O. The average molecular weight is 448 g/mol. The Kier molecular flexibility index (Phi) is 4.34. The van der Waals surface area contributed by atoms with Gasteiger partial charge in [0.15, 0.2) is 5.65 Å². The first-order valence-corrected chi connectivity index (χ1v) is 11.4. The van der Waals surface area contributed by atoms with Crippen LogP contribution in [-0.4, -0.2) is 43.0 Å². The molecule has 1 aromatic carbocycles. The Morgan fingerprint density at radius 2 is 1.94 bits per heavy atom. The maximum atomic E-state index is 13.5. The van der Waals surface area contributed by atoms with Gasteiger partial charge in [-0.05, 0) is 63.6 Å². The van der Waals surface area contributed by atoms with Crippen molar-refractivity contribution in [1.82, 2.24) is 29.9 Å². The number of aromatic nitrogens is 6. The van der Waals surface area contributed by atoms with E-state index in [1.807, 2.05) is 10.9 Å². The van der Waals surface area contributed by atoms with Crippen LogP contribution >= 0.6 is 0 Å². The van der Waals surface area contributed by atoms with E-state index in [0.29, 0.717) is 17.3 Å². The van der Waals surface area contributed by atoms with Gasteiger partial charge < -0.3 is 9.32 Å². The molecule has 0 amide bonds. The highest BCUT2D eigenvalue weighted by atomic mass is 19.1. The smallest absolute Gasteiger partial charge is 0.247 e. The Morgan fingerprint density at radius 1 is 1.12 bits per heavy atom. The van der Waals surface area contributed by atoms with Gasteiger partial charge in [0.2, 0.25) is 11.8 Å². The second kappa shape index (κ2) is 7.07.